The van der Waals surface area contributed by atoms with Crippen LogP contribution < -0.4 is 5.32 Å². The van der Waals surface area contributed by atoms with Crippen LogP contribution in [0.2, 0.25) is 0 Å². The highest BCUT2D eigenvalue weighted by Crippen LogP contribution is 2.47. The van der Waals surface area contributed by atoms with Gasteiger partial charge in [-0.3, -0.25) is 4.90 Å². The smallest absolute Gasteiger partial charge is 0.407 e. The summed E-state index contributed by atoms with van der Waals surface area (Å²) in [7, 11) is 0. The van der Waals surface area contributed by atoms with Crippen LogP contribution in [-0.2, 0) is 11.3 Å². The van der Waals surface area contributed by atoms with E-state index in [1.807, 2.05) is 20.8 Å². The van der Waals surface area contributed by atoms with Crippen LogP contribution in [0, 0.1) is 5.41 Å². The van der Waals surface area contributed by atoms with Crippen molar-refractivity contribution < 1.29 is 9.53 Å². The van der Waals surface area contributed by atoms with E-state index in [0.29, 0.717) is 5.41 Å². The second-order valence-electron chi connectivity index (χ2n) is 8.56. The van der Waals surface area contributed by atoms with E-state index in [4.69, 9.17) is 4.74 Å². The van der Waals surface area contributed by atoms with Crippen LogP contribution in [-0.4, -0.2) is 35.7 Å². The van der Waals surface area contributed by atoms with Gasteiger partial charge in [-0.05, 0) is 51.0 Å². The summed E-state index contributed by atoms with van der Waals surface area (Å²) in [5.41, 5.74) is 1.29. The molecule has 1 aromatic carbocycles. The minimum Gasteiger partial charge on any atom is -0.444 e. The largest absolute Gasteiger partial charge is 0.444 e. The molecule has 1 unspecified atom stereocenters. The Kier molecular flexibility index (Phi) is 4.86. The second kappa shape index (κ2) is 6.75. The van der Waals surface area contributed by atoms with Crippen molar-refractivity contribution in [1.29, 1.82) is 0 Å². The van der Waals surface area contributed by atoms with Gasteiger partial charge in [-0.15, -0.1) is 0 Å². The third kappa shape index (κ3) is 4.50. The average molecular weight is 330 g/mol. The molecule has 1 aromatic rings. The summed E-state index contributed by atoms with van der Waals surface area (Å²) in [6.45, 7) is 8.72. The third-order valence-electron chi connectivity index (χ3n) is 5.10. The molecule has 1 saturated carbocycles. The minimum absolute atomic E-state index is 0.178. The Morgan fingerprint density at radius 1 is 1.29 bits per heavy atom. The van der Waals surface area contributed by atoms with Crippen LogP contribution in [0.25, 0.3) is 0 Å². The molecule has 0 radical (unpaired) electrons. The maximum atomic E-state index is 12.2. The predicted octanol–water partition coefficient (Wildman–Crippen LogP) is 3.96. The van der Waals surface area contributed by atoms with E-state index < -0.39 is 5.60 Å². The number of ether oxygens (including phenoxy) is 1. The summed E-state index contributed by atoms with van der Waals surface area (Å²) >= 11 is 0. The molecule has 4 nitrogen and oxygen atoms in total. The number of likely N-dealkylation sites (tertiary alicyclic amines) is 1. The van der Waals surface area contributed by atoms with E-state index in [1.54, 1.807) is 0 Å². The summed E-state index contributed by atoms with van der Waals surface area (Å²) in [4.78, 5) is 14.7. The molecule has 1 spiro atoms. The zero-order chi connectivity index (χ0) is 17.2. The van der Waals surface area contributed by atoms with Crippen LogP contribution in [0.15, 0.2) is 30.3 Å². The van der Waals surface area contributed by atoms with Gasteiger partial charge in [0, 0.05) is 25.7 Å². The number of carbonyl (C=O) groups excluding carboxylic acids is 1. The first-order chi connectivity index (χ1) is 11.3. The number of hydrogen-bond acceptors (Lipinski definition) is 3. The average Bonchev–Trinajstić information content (AvgIpc) is 2.44. The first-order valence-corrected chi connectivity index (χ1v) is 9.09. The Balaban J connectivity index is 1.63. The van der Waals surface area contributed by atoms with Gasteiger partial charge in [0.25, 0.3) is 0 Å². The molecule has 1 atom stereocenters. The highest BCUT2D eigenvalue weighted by molar-refractivity contribution is 5.68. The number of benzene rings is 1. The van der Waals surface area contributed by atoms with Gasteiger partial charge in [0.1, 0.15) is 5.60 Å². The van der Waals surface area contributed by atoms with Crippen molar-refractivity contribution in [2.24, 2.45) is 5.41 Å². The molecule has 24 heavy (non-hydrogen) atoms. The molecule has 1 aliphatic carbocycles. The molecule has 1 amide bonds. The highest BCUT2D eigenvalue weighted by Gasteiger charge is 2.44. The second-order valence-corrected chi connectivity index (χ2v) is 8.56. The van der Waals surface area contributed by atoms with Gasteiger partial charge in [0.2, 0.25) is 0 Å². The summed E-state index contributed by atoms with van der Waals surface area (Å²) < 4.78 is 5.45. The Bertz CT molecular complexity index is 561. The number of nitrogens with zero attached hydrogens (tertiary/aromatic N) is 1. The molecular formula is C20H30N2O2. The van der Waals surface area contributed by atoms with Crippen LogP contribution in [0.4, 0.5) is 4.79 Å². The third-order valence-corrected chi connectivity index (χ3v) is 5.10. The van der Waals surface area contributed by atoms with Crippen LogP contribution in [0.1, 0.15) is 52.0 Å². The maximum Gasteiger partial charge on any atom is 0.407 e. The molecule has 2 aliphatic rings. The van der Waals surface area contributed by atoms with Gasteiger partial charge >= 0.3 is 6.09 Å². The molecule has 2 fully saturated rings. The minimum atomic E-state index is -0.448. The van der Waals surface area contributed by atoms with Gasteiger partial charge in [-0.1, -0.05) is 36.8 Å². The quantitative estimate of drug-likeness (QED) is 0.912. The van der Waals surface area contributed by atoms with Crippen LogP contribution in [0.3, 0.4) is 0 Å². The van der Waals surface area contributed by atoms with Gasteiger partial charge in [-0.25, -0.2) is 4.79 Å². The molecule has 1 aliphatic heterocycles. The highest BCUT2D eigenvalue weighted by atomic mass is 16.6. The monoisotopic (exact) mass is 330 g/mol. The summed E-state index contributed by atoms with van der Waals surface area (Å²) in [6.07, 6.45) is 4.68. The van der Waals surface area contributed by atoms with Crippen molar-refractivity contribution in [2.75, 3.05) is 13.1 Å². The number of hydrogen-bond donors (Lipinski definition) is 1. The van der Waals surface area contributed by atoms with E-state index in [0.717, 1.165) is 26.1 Å². The molecule has 3 rings (SSSR count). The Morgan fingerprint density at radius 2 is 2.00 bits per heavy atom. The lowest BCUT2D eigenvalue weighted by Gasteiger charge is -2.51. The lowest BCUT2D eigenvalue weighted by molar-refractivity contribution is -0.00637. The lowest BCUT2D eigenvalue weighted by atomic mass is 9.63. The number of piperidine rings is 1. The summed E-state index contributed by atoms with van der Waals surface area (Å²) in [5.74, 6) is 0. The van der Waals surface area contributed by atoms with E-state index in [9.17, 15) is 4.79 Å². The van der Waals surface area contributed by atoms with E-state index in [2.05, 4.69) is 40.5 Å². The van der Waals surface area contributed by atoms with Gasteiger partial charge < -0.3 is 10.1 Å². The zero-order valence-corrected chi connectivity index (χ0v) is 15.2. The SMILES string of the molecule is CC(C)(C)OC(=O)NC1CN(Cc2ccccc2)CC2(CCC2)C1. The topological polar surface area (TPSA) is 41.6 Å². The fourth-order valence-corrected chi connectivity index (χ4v) is 4.07. The number of rotatable bonds is 3. The van der Waals surface area contributed by atoms with Crippen molar-refractivity contribution in [2.45, 2.75) is 64.6 Å². The van der Waals surface area contributed by atoms with Crippen molar-refractivity contribution in [3.05, 3.63) is 35.9 Å². The number of alkyl carbamates (subject to hydrolysis) is 1. The van der Waals surface area contributed by atoms with Crippen molar-refractivity contribution in [1.82, 2.24) is 10.2 Å². The molecule has 1 saturated heterocycles. The van der Waals surface area contributed by atoms with Crippen molar-refractivity contribution >= 4 is 6.09 Å². The lowest BCUT2D eigenvalue weighted by Crippen LogP contribution is -2.57. The van der Waals surface area contributed by atoms with E-state index in [-0.39, 0.29) is 12.1 Å². The molecule has 0 bridgehead atoms. The van der Waals surface area contributed by atoms with Crippen molar-refractivity contribution in [3.63, 3.8) is 0 Å². The number of nitrogens with one attached hydrogen (secondary N) is 1. The molecule has 0 aromatic heterocycles. The molecule has 4 heteroatoms. The predicted molar refractivity (Wildman–Crippen MR) is 95.8 cm³/mol. The standard InChI is InChI=1S/C20H30N2O2/c1-19(2,3)24-18(23)21-17-12-20(10-7-11-20)15-22(14-17)13-16-8-5-4-6-9-16/h4-6,8-9,17H,7,10-15H2,1-3H3,(H,21,23). The Morgan fingerprint density at radius 3 is 2.58 bits per heavy atom. The molecule has 1 heterocycles. The first-order valence-electron chi connectivity index (χ1n) is 9.09. The van der Waals surface area contributed by atoms with Gasteiger partial charge in [-0.2, -0.15) is 0 Å². The van der Waals surface area contributed by atoms with Gasteiger partial charge in [0.05, 0.1) is 0 Å². The Hall–Kier alpha value is -1.55. The van der Waals surface area contributed by atoms with Crippen LogP contribution in [0.5, 0.6) is 0 Å². The Labute approximate surface area is 145 Å². The first kappa shape index (κ1) is 17.3. The molecule has 1 N–H and O–H groups in total. The van der Waals surface area contributed by atoms with Crippen LogP contribution >= 0.6 is 0 Å². The number of carbonyl (C=O) groups is 1. The fourth-order valence-electron chi connectivity index (χ4n) is 4.07. The zero-order valence-electron chi connectivity index (χ0n) is 15.2. The van der Waals surface area contributed by atoms with E-state index >= 15 is 0 Å². The normalized spacial score (nSPS) is 23.5. The summed E-state index contributed by atoms with van der Waals surface area (Å²) in [6, 6.07) is 10.8. The molecular weight excluding hydrogens is 300 g/mol. The summed E-state index contributed by atoms with van der Waals surface area (Å²) in [5, 5.41) is 3.11. The maximum absolute atomic E-state index is 12.2. The van der Waals surface area contributed by atoms with Gasteiger partial charge in [0.15, 0.2) is 0 Å². The fraction of sp³-hybridized carbons (Fsp3) is 0.650. The number of amides is 1. The van der Waals surface area contributed by atoms with E-state index in [1.165, 1.54) is 24.8 Å². The molecule has 132 valence electrons. The van der Waals surface area contributed by atoms with Crippen molar-refractivity contribution in [3.8, 4) is 0 Å².